The first-order valence-corrected chi connectivity index (χ1v) is 4.17. The fourth-order valence-corrected chi connectivity index (χ4v) is 1.48. The summed E-state index contributed by atoms with van der Waals surface area (Å²) in [4.78, 5) is 21.8. The standard InChI is InChI=1S/C9H8F3NO3/c1-4(14)7-6(8(15)16)5(3-13(7)2)9(10,11)12/h3H,1-2H3,(H,15,16). The molecule has 88 valence electrons. The first-order valence-electron chi connectivity index (χ1n) is 4.17. The van der Waals surface area contributed by atoms with Gasteiger partial charge in [0.1, 0.15) is 5.56 Å². The highest BCUT2D eigenvalue weighted by atomic mass is 19.4. The van der Waals surface area contributed by atoms with E-state index in [4.69, 9.17) is 5.11 Å². The van der Waals surface area contributed by atoms with Gasteiger partial charge in [0.15, 0.2) is 5.78 Å². The van der Waals surface area contributed by atoms with Crippen molar-refractivity contribution >= 4 is 11.8 Å². The van der Waals surface area contributed by atoms with Gasteiger partial charge >= 0.3 is 12.1 Å². The largest absolute Gasteiger partial charge is 0.478 e. The zero-order chi connectivity index (χ0) is 12.7. The molecule has 0 fully saturated rings. The SMILES string of the molecule is CC(=O)c1c(C(=O)O)c(C(F)(F)F)cn1C. The Bertz CT molecular complexity index is 459. The maximum Gasteiger partial charge on any atom is 0.418 e. The van der Waals surface area contributed by atoms with Crippen LogP contribution in [-0.4, -0.2) is 21.4 Å². The summed E-state index contributed by atoms with van der Waals surface area (Å²) in [6, 6.07) is 0. The summed E-state index contributed by atoms with van der Waals surface area (Å²) in [6.45, 7) is 1.02. The van der Waals surface area contributed by atoms with Crippen LogP contribution in [0.25, 0.3) is 0 Å². The molecule has 0 saturated heterocycles. The molecule has 0 saturated carbocycles. The number of alkyl halides is 3. The fourth-order valence-electron chi connectivity index (χ4n) is 1.48. The minimum Gasteiger partial charge on any atom is -0.478 e. The van der Waals surface area contributed by atoms with Crippen LogP contribution in [0, 0.1) is 0 Å². The molecule has 0 aliphatic carbocycles. The fraction of sp³-hybridized carbons (Fsp3) is 0.333. The summed E-state index contributed by atoms with van der Waals surface area (Å²) in [5, 5.41) is 8.71. The molecule has 1 aromatic heterocycles. The van der Waals surface area contributed by atoms with Gasteiger partial charge in [-0.3, -0.25) is 4.79 Å². The number of halogens is 3. The van der Waals surface area contributed by atoms with Gasteiger partial charge < -0.3 is 9.67 Å². The number of rotatable bonds is 2. The molecule has 0 aliphatic rings. The van der Waals surface area contributed by atoms with E-state index in [0.29, 0.717) is 6.20 Å². The maximum atomic E-state index is 12.5. The number of hydrogen-bond acceptors (Lipinski definition) is 2. The predicted molar refractivity (Wildman–Crippen MR) is 47.4 cm³/mol. The van der Waals surface area contributed by atoms with Crippen LogP contribution in [0.2, 0.25) is 0 Å². The topological polar surface area (TPSA) is 59.3 Å². The van der Waals surface area contributed by atoms with Crippen molar-refractivity contribution in [3.8, 4) is 0 Å². The van der Waals surface area contributed by atoms with Crippen LogP contribution in [0.1, 0.15) is 33.3 Å². The lowest BCUT2D eigenvalue weighted by Crippen LogP contribution is -2.13. The lowest BCUT2D eigenvalue weighted by atomic mass is 10.1. The van der Waals surface area contributed by atoms with Crippen molar-refractivity contribution in [1.29, 1.82) is 0 Å². The van der Waals surface area contributed by atoms with Crippen molar-refractivity contribution in [1.82, 2.24) is 4.57 Å². The highest BCUT2D eigenvalue weighted by molar-refractivity contribution is 6.05. The quantitative estimate of drug-likeness (QED) is 0.797. The van der Waals surface area contributed by atoms with E-state index in [1.54, 1.807) is 0 Å². The number of hydrogen-bond donors (Lipinski definition) is 1. The average Bonchev–Trinajstić information content (AvgIpc) is 2.41. The van der Waals surface area contributed by atoms with Gasteiger partial charge in [0.05, 0.1) is 11.3 Å². The first kappa shape index (κ1) is 12.3. The number of Topliss-reactive ketones (excluding diaryl/α,β-unsaturated/α-hetero) is 1. The normalized spacial score (nSPS) is 11.6. The van der Waals surface area contributed by atoms with E-state index < -0.39 is 34.7 Å². The molecule has 0 unspecified atom stereocenters. The molecule has 0 radical (unpaired) electrons. The lowest BCUT2D eigenvalue weighted by molar-refractivity contribution is -0.138. The number of aromatic carboxylic acids is 1. The van der Waals surface area contributed by atoms with Crippen molar-refractivity contribution in [3.63, 3.8) is 0 Å². The third kappa shape index (κ3) is 1.93. The van der Waals surface area contributed by atoms with Gasteiger partial charge in [-0.1, -0.05) is 0 Å². The molecular weight excluding hydrogens is 227 g/mol. The molecule has 1 heterocycles. The Hall–Kier alpha value is -1.79. The molecule has 0 spiro atoms. The van der Waals surface area contributed by atoms with Crippen molar-refractivity contribution in [2.24, 2.45) is 7.05 Å². The van der Waals surface area contributed by atoms with Crippen molar-refractivity contribution in [3.05, 3.63) is 23.0 Å². The summed E-state index contributed by atoms with van der Waals surface area (Å²) >= 11 is 0. The van der Waals surface area contributed by atoms with E-state index in [0.717, 1.165) is 11.5 Å². The Morgan fingerprint density at radius 2 is 1.88 bits per heavy atom. The maximum absolute atomic E-state index is 12.5. The van der Waals surface area contributed by atoms with Crippen LogP contribution in [0.5, 0.6) is 0 Å². The minimum absolute atomic E-state index is 0.458. The van der Waals surface area contributed by atoms with Crippen LogP contribution in [-0.2, 0) is 13.2 Å². The second-order valence-electron chi connectivity index (χ2n) is 3.24. The molecule has 1 aromatic rings. The number of aromatic nitrogens is 1. The number of carboxylic acids is 1. The number of nitrogens with zero attached hydrogens (tertiary/aromatic N) is 1. The second kappa shape index (κ2) is 3.66. The zero-order valence-corrected chi connectivity index (χ0v) is 8.42. The molecule has 0 aliphatic heterocycles. The summed E-state index contributed by atoms with van der Waals surface area (Å²) in [5.74, 6) is -2.49. The molecule has 0 atom stereocenters. The molecule has 0 amide bonds. The summed E-state index contributed by atoms with van der Waals surface area (Å²) in [6.07, 6.45) is -4.20. The molecule has 0 aromatic carbocycles. The first-order chi connectivity index (χ1) is 7.16. The summed E-state index contributed by atoms with van der Waals surface area (Å²) in [5.41, 5.74) is -2.77. The molecule has 16 heavy (non-hydrogen) atoms. The number of ketones is 1. The third-order valence-electron chi connectivity index (χ3n) is 2.03. The van der Waals surface area contributed by atoms with Crippen LogP contribution < -0.4 is 0 Å². The van der Waals surface area contributed by atoms with Gasteiger partial charge in [-0.2, -0.15) is 13.2 Å². The number of aryl methyl sites for hydroxylation is 1. The Kier molecular flexibility index (Phi) is 2.81. The molecule has 1 N–H and O–H groups in total. The molecular formula is C9H8F3NO3. The molecule has 7 heteroatoms. The van der Waals surface area contributed by atoms with E-state index in [2.05, 4.69) is 0 Å². The highest BCUT2D eigenvalue weighted by Gasteiger charge is 2.39. The van der Waals surface area contributed by atoms with E-state index in [1.165, 1.54) is 7.05 Å². The predicted octanol–water partition coefficient (Wildman–Crippen LogP) is 1.94. The van der Waals surface area contributed by atoms with Crippen LogP contribution in [0.4, 0.5) is 13.2 Å². The van der Waals surface area contributed by atoms with Crippen molar-refractivity contribution in [2.45, 2.75) is 13.1 Å². The Morgan fingerprint density at radius 3 is 2.19 bits per heavy atom. The number of carbonyl (C=O) groups is 2. The van der Waals surface area contributed by atoms with E-state index in [1.807, 2.05) is 0 Å². The van der Waals surface area contributed by atoms with Gasteiger partial charge in [0.2, 0.25) is 0 Å². The molecule has 0 bridgehead atoms. The van der Waals surface area contributed by atoms with E-state index >= 15 is 0 Å². The number of carboxylic acid groups (broad SMARTS) is 1. The van der Waals surface area contributed by atoms with Crippen molar-refractivity contribution < 1.29 is 27.9 Å². The Morgan fingerprint density at radius 1 is 1.38 bits per heavy atom. The van der Waals surface area contributed by atoms with Gasteiger partial charge in [0.25, 0.3) is 0 Å². The molecule has 1 rings (SSSR count). The minimum atomic E-state index is -4.79. The lowest BCUT2D eigenvalue weighted by Gasteiger charge is -2.05. The second-order valence-corrected chi connectivity index (χ2v) is 3.24. The van der Waals surface area contributed by atoms with E-state index in [-0.39, 0.29) is 0 Å². The van der Waals surface area contributed by atoms with Gasteiger partial charge in [-0.15, -0.1) is 0 Å². The van der Waals surface area contributed by atoms with Gasteiger partial charge in [0, 0.05) is 20.2 Å². The van der Waals surface area contributed by atoms with Gasteiger partial charge in [-0.05, 0) is 0 Å². The Labute approximate surface area is 88.3 Å². The van der Waals surface area contributed by atoms with E-state index in [9.17, 15) is 22.8 Å². The Balaban J connectivity index is 3.60. The van der Waals surface area contributed by atoms with Crippen LogP contribution >= 0.6 is 0 Å². The molecule has 4 nitrogen and oxygen atoms in total. The number of carbonyl (C=O) groups excluding carboxylic acids is 1. The van der Waals surface area contributed by atoms with Crippen LogP contribution in [0.15, 0.2) is 6.20 Å². The monoisotopic (exact) mass is 235 g/mol. The highest BCUT2D eigenvalue weighted by Crippen LogP contribution is 2.34. The third-order valence-corrected chi connectivity index (χ3v) is 2.03. The average molecular weight is 235 g/mol. The van der Waals surface area contributed by atoms with Gasteiger partial charge in [-0.25, -0.2) is 4.79 Å². The van der Waals surface area contributed by atoms with Crippen LogP contribution in [0.3, 0.4) is 0 Å². The van der Waals surface area contributed by atoms with Crippen molar-refractivity contribution in [2.75, 3.05) is 0 Å². The zero-order valence-electron chi connectivity index (χ0n) is 8.42. The summed E-state index contributed by atoms with van der Waals surface area (Å²) < 4.78 is 38.3. The summed E-state index contributed by atoms with van der Waals surface area (Å²) in [7, 11) is 1.19. The smallest absolute Gasteiger partial charge is 0.418 e.